The van der Waals surface area contributed by atoms with Crippen molar-refractivity contribution in [2.24, 2.45) is 0 Å². The van der Waals surface area contributed by atoms with Crippen LogP contribution in [0.3, 0.4) is 0 Å². The molecule has 0 fully saturated rings. The molecule has 1 aliphatic rings. The molecule has 5 heteroatoms. The minimum absolute atomic E-state index is 0.120. The highest BCUT2D eigenvalue weighted by Gasteiger charge is 2.31. The smallest absolute Gasteiger partial charge is 0.315 e. The van der Waals surface area contributed by atoms with Gasteiger partial charge in [-0.25, -0.2) is 4.98 Å². The predicted molar refractivity (Wildman–Crippen MR) is 77.7 cm³/mol. The third kappa shape index (κ3) is 2.44. The Morgan fingerprint density at radius 2 is 2.47 bits per heavy atom. The number of fused-ring (bicyclic) bond motifs is 1. The van der Waals surface area contributed by atoms with Gasteiger partial charge >= 0.3 is 5.97 Å². The summed E-state index contributed by atoms with van der Waals surface area (Å²) in [4.78, 5) is 18.0. The first-order chi connectivity index (χ1) is 9.29. The van der Waals surface area contributed by atoms with E-state index in [-0.39, 0.29) is 11.9 Å². The Hall–Kier alpha value is -1.20. The highest BCUT2D eigenvalue weighted by Crippen LogP contribution is 2.39. The molecule has 0 N–H and O–H groups in total. The normalized spacial score (nSPS) is 18.1. The average Bonchev–Trinajstić information content (AvgIpc) is 3.06. The van der Waals surface area contributed by atoms with E-state index in [0.717, 1.165) is 35.5 Å². The minimum atomic E-state index is -0.160. The molecule has 0 bridgehead atoms. The van der Waals surface area contributed by atoms with Crippen molar-refractivity contribution >= 4 is 28.6 Å². The molecule has 1 unspecified atom stereocenters. The summed E-state index contributed by atoms with van der Waals surface area (Å²) in [5, 5.41) is 5.19. The number of ether oxygens (including phenoxy) is 1. The molecule has 2 aromatic rings. The Morgan fingerprint density at radius 1 is 1.58 bits per heavy atom. The highest BCUT2D eigenvalue weighted by molar-refractivity contribution is 7.15. The van der Waals surface area contributed by atoms with Gasteiger partial charge in [-0.2, -0.15) is 11.3 Å². The van der Waals surface area contributed by atoms with Gasteiger partial charge in [-0.05, 0) is 37.6 Å². The first-order valence-corrected chi connectivity index (χ1v) is 8.24. The lowest BCUT2D eigenvalue weighted by Crippen LogP contribution is -2.20. The molecule has 0 saturated carbocycles. The fourth-order valence-corrected chi connectivity index (χ4v) is 4.28. The van der Waals surface area contributed by atoms with E-state index >= 15 is 0 Å². The Kier molecular flexibility index (Phi) is 3.66. The molecule has 19 heavy (non-hydrogen) atoms. The second kappa shape index (κ2) is 5.43. The Bertz CT molecular complexity index is 574. The lowest BCUT2D eigenvalue weighted by Gasteiger charge is -2.19. The van der Waals surface area contributed by atoms with Crippen molar-refractivity contribution in [1.82, 2.24) is 4.98 Å². The summed E-state index contributed by atoms with van der Waals surface area (Å²) in [6, 6.07) is 2.08. The second-order valence-electron chi connectivity index (χ2n) is 4.54. The number of carbonyl (C=O) groups is 1. The summed E-state index contributed by atoms with van der Waals surface area (Å²) in [7, 11) is 0. The van der Waals surface area contributed by atoms with Gasteiger partial charge in [0.1, 0.15) is 10.9 Å². The zero-order valence-corrected chi connectivity index (χ0v) is 12.4. The molecule has 0 radical (unpaired) electrons. The third-order valence-corrected chi connectivity index (χ3v) is 5.16. The molecular weight excluding hydrogens is 278 g/mol. The van der Waals surface area contributed by atoms with Gasteiger partial charge in [0.15, 0.2) is 0 Å². The van der Waals surface area contributed by atoms with Gasteiger partial charge < -0.3 is 4.74 Å². The van der Waals surface area contributed by atoms with Gasteiger partial charge in [-0.1, -0.05) is 0 Å². The average molecular weight is 293 g/mol. The van der Waals surface area contributed by atoms with Crippen LogP contribution in [-0.4, -0.2) is 17.6 Å². The van der Waals surface area contributed by atoms with Gasteiger partial charge in [-0.3, -0.25) is 4.79 Å². The largest absolute Gasteiger partial charge is 0.465 e. The van der Waals surface area contributed by atoms with Crippen LogP contribution < -0.4 is 0 Å². The molecule has 0 saturated heterocycles. The van der Waals surface area contributed by atoms with Crippen LogP contribution in [0.25, 0.3) is 10.6 Å². The van der Waals surface area contributed by atoms with Crippen molar-refractivity contribution in [3.05, 3.63) is 27.4 Å². The fraction of sp³-hybridized carbons (Fsp3) is 0.429. The lowest BCUT2D eigenvalue weighted by molar-refractivity contribution is -0.145. The summed E-state index contributed by atoms with van der Waals surface area (Å²) in [5.74, 6) is -0.280. The number of aromatic nitrogens is 1. The molecule has 100 valence electrons. The van der Waals surface area contributed by atoms with Crippen LogP contribution in [0, 0.1) is 0 Å². The van der Waals surface area contributed by atoms with Gasteiger partial charge in [0, 0.05) is 15.8 Å². The molecule has 0 spiro atoms. The summed E-state index contributed by atoms with van der Waals surface area (Å²) < 4.78 is 5.17. The minimum Gasteiger partial charge on any atom is -0.465 e. The lowest BCUT2D eigenvalue weighted by atomic mass is 9.91. The van der Waals surface area contributed by atoms with E-state index < -0.39 is 0 Å². The molecule has 1 atom stereocenters. The van der Waals surface area contributed by atoms with Gasteiger partial charge in [0.05, 0.1) is 12.3 Å². The van der Waals surface area contributed by atoms with E-state index in [2.05, 4.69) is 16.8 Å². The van der Waals surface area contributed by atoms with E-state index in [9.17, 15) is 4.79 Å². The summed E-state index contributed by atoms with van der Waals surface area (Å²) in [6.45, 7) is 2.28. The third-order valence-electron chi connectivity index (χ3n) is 3.29. The SMILES string of the molecule is CCOC(=O)C1CCCc2sc(-c3ccsc3)nc21. The Labute approximate surface area is 120 Å². The number of thiophene rings is 1. The molecule has 1 aliphatic carbocycles. The molecule has 3 rings (SSSR count). The second-order valence-corrected chi connectivity index (χ2v) is 6.40. The number of esters is 1. The number of thiazole rings is 1. The van der Waals surface area contributed by atoms with E-state index in [0.29, 0.717) is 6.61 Å². The van der Waals surface area contributed by atoms with E-state index in [1.54, 1.807) is 22.7 Å². The van der Waals surface area contributed by atoms with Gasteiger partial charge in [-0.15, -0.1) is 11.3 Å². The molecule has 0 aromatic carbocycles. The van der Waals surface area contributed by atoms with Crippen molar-refractivity contribution < 1.29 is 9.53 Å². The van der Waals surface area contributed by atoms with E-state index in [1.165, 1.54) is 4.88 Å². The molecular formula is C14H15NO2S2. The number of hydrogen-bond donors (Lipinski definition) is 0. The predicted octanol–water partition coefficient (Wildman–Crippen LogP) is 3.85. The monoisotopic (exact) mass is 293 g/mol. The van der Waals surface area contributed by atoms with Gasteiger partial charge in [0.2, 0.25) is 0 Å². The van der Waals surface area contributed by atoms with Crippen LogP contribution >= 0.6 is 22.7 Å². The first kappa shape index (κ1) is 12.8. The highest BCUT2D eigenvalue weighted by atomic mass is 32.1. The van der Waals surface area contributed by atoms with Crippen molar-refractivity contribution in [3.8, 4) is 10.6 Å². The van der Waals surface area contributed by atoms with E-state index in [1.807, 2.05) is 6.92 Å². The topological polar surface area (TPSA) is 39.2 Å². The zero-order chi connectivity index (χ0) is 13.2. The standard InChI is InChI=1S/C14H15NO2S2/c1-2-17-14(16)10-4-3-5-11-12(10)15-13(19-11)9-6-7-18-8-9/h6-8,10H,2-5H2,1H3. The van der Waals surface area contributed by atoms with Crippen molar-refractivity contribution in [2.75, 3.05) is 6.61 Å². The number of hydrogen-bond acceptors (Lipinski definition) is 5. The molecule has 0 aliphatic heterocycles. The van der Waals surface area contributed by atoms with Crippen LogP contribution in [-0.2, 0) is 16.0 Å². The summed E-state index contributed by atoms with van der Waals surface area (Å²) in [5.41, 5.74) is 2.11. The van der Waals surface area contributed by atoms with Crippen LogP contribution in [0.4, 0.5) is 0 Å². The summed E-state index contributed by atoms with van der Waals surface area (Å²) >= 11 is 3.39. The maximum atomic E-state index is 12.0. The summed E-state index contributed by atoms with van der Waals surface area (Å²) in [6.07, 6.45) is 2.94. The molecule has 2 heterocycles. The van der Waals surface area contributed by atoms with Crippen LogP contribution in [0.5, 0.6) is 0 Å². The first-order valence-electron chi connectivity index (χ1n) is 6.48. The quantitative estimate of drug-likeness (QED) is 0.807. The molecule has 0 amide bonds. The van der Waals surface area contributed by atoms with Crippen molar-refractivity contribution in [2.45, 2.75) is 32.1 Å². The van der Waals surface area contributed by atoms with E-state index in [4.69, 9.17) is 9.72 Å². The van der Waals surface area contributed by atoms with Crippen LogP contribution in [0.1, 0.15) is 36.3 Å². The van der Waals surface area contributed by atoms with Crippen molar-refractivity contribution in [1.29, 1.82) is 0 Å². The van der Waals surface area contributed by atoms with Crippen LogP contribution in [0.15, 0.2) is 16.8 Å². The fourth-order valence-electron chi connectivity index (χ4n) is 2.40. The number of carbonyl (C=O) groups excluding carboxylic acids is 1. The Morgan fingerprint density at radius 3 is 3.21 bits per heavy atom. The maximum absolute atomic E-state index is 12.0. The van der Waals surface area contributed by atoms with Crippen LogP contribution in [0.2, 0.25) is 0 Å². The number of nitrogens with zero attached hydrogens (tertiary/aromatic N) is 1. The molecule has 2 aromatic heterocycles. The number of aryl methyl sites for hydroxylation is 1. The number of rotatable bonds is 3. The Balaban J connectivity index is 1.94. The maximum Gasteiger partial charge on any atom is 0.315 e. The zero-order valence-electron chi connectivity index (χ0n) is 10.7. The molecule has 3 nitrogen and oxygen atoms in total. The van der Waals surface area contributed by atoms with Gasteiger partial charge in [0.25, 0.3) is 0 Å². The van der Waals surface area contributed by atoms with Crippen molar-refractivity contribution in [3.63, 3.8) is 0 Å².